The van der Waals surface area contributed by atoms with Gasteiger partial charge in [0.15, 0.2) is 0 Å². The summed E-state index contributed by atoms with van der Waals surface area (Å²) in [7, 11) is -2.31. The topological polar surface area (TPSA) is 90.0 Å². The van der Waals surface area contributed by atoms with E-state index in [1.54, 1.807) is 14.0 Å². The fourth-order valence-corrected chi connectivity index (χ4v) is 3.30. The minimum absolute atomic E-state index is 0.245. The lowest BCUT2D eigenvalue weighted by Crippen LogP contribution is -2.14. The van der Waals surface area contributed by atoms with E-state index < -0.39 is 15.8 Å². The normalized spacial score (nSPS) is 11.6. The van der Waals surface area contributed by atoms with Crippen LogP contribution in [-0.2, 0) is 17.1 Å². The quantitative estimate of drug-likeness (QED) is 0.846. The summed E-state index contributed by atoms with van der Waals surface area (Å²) in [5.74, 6) is -0.772. The highest BCUT2D eigenvalue weighted by atomic mass is 35.5. The van der Waals surface area contributed by atoms with Crippen molar-refractivity contribution in [3.05, 3.63) is 34.9 Å². The predicted octanol–water partition coefficient (Wildman–Crippen LogP) is 1.90. The molecule has 20 heavy (non-hydrogen) atoms. The maximum atomic E-state index is 13.2. The van der Waals surface area contributed by atoms with Crippen LogP contribution in [0.5, 0.6) is 0 Å². The number of anilines is 2. The number of aromatic nitrogens is 2. The van der Waals surface area contributed by atoms with Crippen LogP contribution < -0.4 is 10.5 Å². The van der Waals surface area contributed by atoms with E-state index in [-0.39, 0.29) is 15.6 Å². The summed E-state index contributed by atoms with van der Waals surface area (Å²) in [5, 5.41) is 3.77. The van der Waals surface area contributed by atoms with Crippen molar-refractivity contribution in [2.24, 2.45) is 7.05 Å². The van der Waals surface area contributed by atoms with Gasteiger partial charge in [0.25, 0.3) is 10.0 Å². The third-order valence-electron chi connectivity index (χ3n) is 2.60. The number of hydrogen-bond acceptors (Lipinski definition) is 4. The molecular formula is C11H12ClFN4O2S. The highest BCUT2D eigenvalue weighted by molar-refractivity contribution is 7.92. The Morgan fingerprint density at radius 1 is 1.45 bits per heavy atom. The molecule has 1 aromatic carbocycles. The van der Waals surface area contributed by atoms with Gasteiger partial charge in [0.05, 0.1) is 22.1 Å². The van der Waals surface area contributed by atoms with Gasteiger partial charge in [0, 0.05) is 13.2 Å². The number of aryl methyl sites for hydroxylation is 2. The predicted molar refractivity (Wildman–Crippen MR) is 74.6 cm³/mol. The van der Waals surface area contributed by atoms with Crippen molar-refractivity contribution in [1.29, 1.82) is 0 Å². The van der Waals surface area contributed by atoms with Gasteiger partial charge in [-0.15, -0.1) is 0 Å². The van der Waals surface area contributed by atoms with Crippen molar-refractivity contribution < 1.29 is 12.8 Å². The third-order valence-corrected chi connectivity index (χ3v) is 4.43. The van der Waals surface area contributed by atoms with Gasteiger partial charge in [-0.2, -0.15) is 5.10 Å². The van der Waals surface area contributed by atoms with Crippen LogP contribution >= 0.6 is 11.6 Å². The van der Waals surface area contributed by atoms with Gasteiger partial charge in [-0.1, -0.05) is 11.6 Å². The van der Waals surface area contributed by atoms with Gasteiger partial charge in [-0.25, -0.2) is 12.8 Å². The van der Waals surface area contributed by atoms with Crippen molar-refractivity contribution in [2.75, 3.05) is 10.5 Å². The Hall–Kier alpha value is -1.80. The standard InChI is InChI=1S/C11H12ClFN4O2S/c1-6-10(5-17(2)15-6)16-20(18,19)11-4-9(14)8(13)3-7(11)12/h3-5,16H,14H2,1-2H3. The Morgan fingerprint density at radius 2 is 2.10 bits per heavy atom. The van der Waals surface area contributed by atoms with Crippen LogP contribution in [0.3, 0.4) is 0 Å². The number of nitrogen functional groups attached to an aromatic ring is 1. The van der Waals surface area contributed by atoms with Crippen LogP contribution in [0, 0.1) is 12.7 Å². The van der Waals surface area contributed by atoms with E-state index in [0.717, 1.165) is 12.1 Å². The largest absolute Gasteiger partial charge is 0.396 e. The summed E-state index contributed by atoms with van der Waals surface area (Å²) in [5.41, 5.74) is 5.89. The number of halogens is 2. The molecule has 0 bridgehead atoms. The number of sulfonamides is 1. The van der Waals surface area contributed by atoms with E-state index in [4.69, 9.17) is 17.3 Å². The second kappa shape index (κ2) is 4.95. The van der Waals surface area contributed by atoms with Gasteiger partial charge < -0.3 is 5.73 Å². The Labute approximate surface area is 120 Å². The maximum absolute atomic E-state index is 13.2. The summed E-state index contributed by atoms with van der Waals surface area (Å²) in [6, 6.07) is 1.84. The van der Waals surface area contributed by atoms with Gasteiger partial charge in [-0.05, 0) is 19.1 Å². The molecule has 2 rings (SSSR count). The zero-order chi connectivity index (χ0) is 15.1. The molecule has 0 aliphatic heterocycles. The molecule has 0 spiro atoms. The third kappa shape index (κ3) is 2.70. The molecule has 0 saturated carbocycles. The van der Waals surface area contributed by atoms with Crippen molar-refractivity contribution >= 4 is 33.0 Å². The molecule has 0 amide bonds. The Balaban J connectivity index is 2.46. The fraction of sp³-hybridized carbons (Fsp3) is 0.182. The van der Waals surface area contributed by atoms with Crippen LogP contribution in [0.2, 0.25) is 5.02 Å². The van der Waals surface area contributed by atoms with E-state index in [0.29, 0.717) is 11.4 Å². The SMILES string of the molecule is Cc1nn(C)cc1NS(=O)(=O)c1cc(N)c(F)cc1Cl. The summed E-state index contributed by atoms with van der Waals surface area (Å²) < 4.78 is 41.5. The van der Waals surface area contributed by atoms with E-state index in [2.05, 4.69) is 9.82 Å². The molecule has 0 atom stereocenters. The molecule has 0 fully saturated rings. The lowest BCUT2D eigenvalue weighted by atomic mass is 10.3. The monoisotopic (exact) mass is 318 g/mol. The second-order valence-corrected chi connectivity index (χ2v) is 6.27. The average Bonchev–Trinajstić information content (AvgIpc) is 2.61. The summed E-state index contributed by atoms with van der Waals surface area (Å²) >= 11 is 5.76. The maximum Gasteiger partial charge on any atom is 0.263 e. The molecule has 1 heterocycles. The van der Waals surface area contributed by atoms with E-state index in [9.17, 15) is 12.8 Å². The van der Waals surface area contributed by atoms with Gasteiger partial charge >= 0.3 is 0 Å². The molecule has 3 N–H and O–H groups in total. The van der Waals surface area contributed by atoms with Crippen LogP contribution in [0.25, 0.3) is 0 Å². The molecule has 108 valence electrons. The zero-order valence-electron chi connectivity index (χ0n) is 10.7. The number of hydrogen-bond donors (Lipinski definition) is 2. The zero-order valence-corrected chi connectivity index (χ0v) is 12.3. The summed E-state index contributed by atoms with van der Waals surface area (Å²) in [4.78, 5) is -0.290. The second-order valence-electron chi connectivity index (χ2n) is 4.21. The van der Waals surface area contributed by atoms with Crippen LogP contribution in [0.4, 0.5) is 15.8 Å². The first-order chi connectivity index (χ1) is 9.20. The molecular weight excluding hydrogens is 307 g/mol. The van der Waals surface area contributed by atoms with E-state index in [1.165, 1.54) is 10.9 Å². The molecule has 0 unspecified atom stereocenters. The number of rotatable bonds is 3. The highest BCUT2D eigenvalue weighted by Crippen LogP contribution is 2.28. The Bertz CT molecular complexity index is 773. The summed E-state index contributed by atoms with van der Waals surface area (Å²) in [6.45, 7) is 1.65. The van der Waals surface area contributed by atoms with E-state index in [1.807, 2.05) is 0 Å². The highest BCUT2D eigenvalue weighted by Gasteiger charge is 2.21. The molecule has 0 aliphatic carbocycles. The minimum Gasteiger partial charge on any atom is -0.396 e. The molecule has 2 aromatic rings. The number of nitrogens with zero attached hydrogens (tertiary/aromatic N) is 2. The first-order valence-corrected chi connectivity index (χ1v) is 7.34. The van der Waals surface area contributed by atoms with Crippen molar-refractivity contribution in [2.45, 2.75) is 11.8 Å². The van der Waals surface area contributed by atoms with Crippen molar-refractivity contribution in [1.82, 2.24) is 9.78 Å². The van der Waals surface area contributed by atoms with Crippen LogP contribution in [0.15, 0.2) is 23.2 Å². The van der Waals surface area contributed by atoms with Crippen LogP contribution in [-0.4, -0.2) is 18.2 Å². The fourth-order valence-electron chi connectivity index (χ4n) is 1.65. The lowest BCUT2D eigenvalue weighted by molar-refractivity contribution is 0.600. The minimum atomic E-state index is -3.97. The van der Waals surface area contributed by atoms with Gasteiger partial charge in [0.1, 0.15) is 10.7 Å². The number of benzene rings is 1. The van der Waals surface area contributed by atoms with E-state index >= 15 is 0 Å². The van der Waals surface area contributed by atoms with Crippen molar-refractivity contribution in [3.63, 3.8) is 0 Å². The molecule has 9 heteroatoms. The Kier molecular flexibility index (Phi) is 3.61. The molecule has 6 nitrogen and oxygen atoms in total. The molecule has 0 saturated heterocycles. The Morgan fingerprint density at radius 3 is 2.65 bits per heavy atom. The first-order valence-electron chi connectivity index (χ1n) is 5.48. The molecule has 0 aliphatic rings. The average molecular weight is 319 g/mol. The number of nitrogens with one attached hydrogen (secondary N) is 1. The summed E-state index contributed by atoms with van der Waals surface area (Å²) in [6.07, 6.45) is 1.51. The van der Waals surface area contributed by atoms with Gasteiger partial charge in [0.2, 0.25) is 0 Å². The van der Waals surface area contributed by atoms with Crippen LogP contribution in [0.1, 0.15) is 5.69 Å². The smallest absolute Gasteiger partial charge is 0.263 e. The first kappa shape index (κ1) is 14.6. The molecule has 0 radical (unpaired) electrons. The molecule has 1 aromatic heterocycles. The number of nitrogens with two attached hydrogens (primary N) is 1. The van der Waals surface area contributed by atoms with Gasteiger partial charge in [-0.3, -0.25) is 9.40 Å². The lowest BCUT2D eigenvalue weighted by Gasteiger charge is -2.09. The van der Waals surface area contributed by atoms with Crippen molar-refractivity contribution in [3.8, 4) is 0 Å².